The summed E-state index contributed by atoms with van der Waals surface area (Å²) in [7, 11) is 3.27. The molecule has 2 aromatic rings. The average Bonchev–Trinajstić information content (AvgIpc) is 3.06. The minimum absolute atomic E-state index is 0.0117. The van der Waals surface area contributed by atoms with Crippen LogP contribution in [-0.2, 0) is 11.2 Å². The van der Waals surface area contributed by atoms with Gasteiger partial charge in [0.1, 0.15) is 0 Å². The molecular formula is C26H32N2O4. The SMILES string of the molecule is COc1cc2c(cc1OC)C(c1ccc(N3CCC(C)(O)C3)cc1)=CN(C(C)=O)C(C)C2. The van der Waals surface area contributed by atoms with E-state index >= 15 is 0 Å². The number of β-amino-alcohol motifs (C(OH)–C–C–N with tert-alkyl or cyclic N) is 1. The highest BCUT2D eigenvalue weighted by Gasteiger charge is 2.31. The number of ether oxygens (including phenoxy) is 2. The molecule has 2 heterocycles. The topological polar surface area (TPSA) is 62.2 Å². The third kappa shape index (κ3) is 4.19. The molecule has 0 aliphatic carbocycles. The Hall–Kier alpha value is -2.99. The molecule has 0 spiro atoms. The van der Waals surface area contributed by atoms with Crippen molar-refractivity contribution in [3.63, 3.8) is 0 Å². The van der Waals surface area contributed by atoms with Gasteiger partial charge in [0.15, 0.2) is 11.5 Å². The molecule has 6 nitrogen and oxygen atoms in total. The van der Waals surface area contributed by atoms with Crippen molar-refractivity contribution in [2.45, 2.75) is 45.3 Å². The van der Waals surface area contributed by atoms with Gasteiger partial charge in [-0.1, -0.05) is 12.1 Å². The van der Waals surface area contributed by atoms with Crippen molar-refractivity contribution in [2.24, 2.45) is 0 Å². The van der Waals surface area contributed by atoms with Crippen molar-refractivity contribution in [1.29, 1.82) is 0 Å². The van der Waals surface area contributed by atoms with Gasteiger partial charge in [-0.25, -0.2) is 0 Å². The number of benzene rings is 2. The molecule has 0 saturated carbocycles. The van der Waals surface area contributed by atoms with Gasteiger partial charge in [0.2, 0.25) is 5.91 Å². The quantitative estimate of drug-likeness (QED) is 0.789. The zero-order valence-corrected chi connectivity index (χ0v) is 19.5. The molecule has 2 unspecified atom stereocenters. The molecule has 1 fully saturated rings. The van der Waals surface area contributed by atoms with Gasteiger partial charge in [0.05, 0.1) is 19.8 Å². The van der Waals surface area contributed by atoms with Gasteiger partial charge in [0, 0.05) is 43.5 Å². The summed E-state index contributed by atoms with van der Waals surface area (Å²) in [5, 5.41) is 10.3. The first-order valence-corrected chi connectivity index (χ1v) is 11.1. The lowest BCUT2D eigenvalue weighted by atomic mass is 9.92. The molecule has 32 heavy (non-hydrogen) atoms. The van der Waals surface area contributed by atoms with Gasteiger partial charge >= 0.3 is 0 Å². The molecule has 1 amide bonds. The lowest BCUT2D eigenvalue weighted by Gasteiger charge is -2.23. The number of carbonyl (C=O) groups is 1. The Morgan fingerprint density at radius 3 is 2.34 bits per heavy atom. The Balaban J connectivity index is 1.78. The van der Waals surface area contributed by atoms with Crippen molar-refractivity contribution < 1.29 is 19.4 Å². The predicted octanol–water partition coefficient (Wildman–Crippen LogP) is 3.85. The standard InChI is InChI=1S/C26H32N2O4/c1-17-12-20-13-24(31-4)25(32-5)14-22(20)23(15-28(17)18(2)29)19-6-8-21(9-7-19)27-11-10-26(3,30)16-27/h6-9,13-15,17,30H,10-12,16H2,1-5H3. The molecule has 170 valence electrons. The molecular weight excluding hydrogens is 404 g/mol. The molecule has 1 N–H and O–H groups in total. The minimum atomic E-state index is -0.644. The van der Waals surface area contributed by atoms with Crippen LogP contribution in [0.3, 0.4) is 0 Å². The van der Waals surface area contributed by atoms with Gasteiger partial charge in [-0.05, 0) is 67.6 Å². The first-order valence-electron chi connectivity index (χ1n) is 11.1. The van der Waals surface area contributed by atoms with Crippen LogP contribution in [0.4, 0.5) is 5.69 Å². The fraction of sp³-hybridized carbons (Fsp3) is 0.423. The zero-order valence-electron chi connectivity index (χ0n) is 19.5. The largest absolute Gasteiger partial charge is 0.493 e. The first kappa shape index (κ1) is 22.2. The Bertz CT molecular complexity index is 1040. The van der Waals surface area contributed by atoms with E-state index in [9.17, 15) is 9.90 Å². The van der Waals surface area contributed by atoms with Crippen LogP contribution in [-0.4, -0.2) is 54.9 Å². The van der Waals surface area contributed by atoms with Crippen LogP contribution in [0.25, 0.3) is 5.57 Å². The Kier molecular flexibility index (Phi) is 5.91. The minimum Gasteiger partial charge on any atom is -0.493 e. The molecule has 2 aliphatic rings. The molecule has 6 heteroatoms. The van der Waals surface area contributed by atoms with Crippen LogP contribution in [0.1, 0.15) is 43.9 Å². The Morgan fingerprint density at radius 2 is 1.78 bits per heavy atom. The Morgan fingerprint density at radius 1 is 1.12 bits per heavy atom. The highest BCUT2D eigenvalue weighted by atomic mass is 16.5. The lowest BCUT2D eigenvalue weighted by Crippen LogP contribution is -2.33. The molecule has 2 aromatic carbocycles. The van der Waals surface area contributed by atoms with Crippen molar-refractivity contribution >= 4 is 17.2 Å². The maximum atomic E-state index is 12.4. The number of carbonyl (C=O) groups excluding carboxylic acids is 1. The second kappa shape index (κ2) is 8.51. The summed E-state index contributed by atoms with van der Waals surface area (Å²) in [5.74, 6) is 1.36. The van der Waals surface area contributed by atoms with E-state index in [0.29, 0.717) is 18.0 Å². The predicted molar refractivity (Wildman–Crippen MR) is 126 cm³/mol. The summed E-state index contributed by atoms with van der Waals surface area (Å²) in [6.07, 6.45) is 3.44. The van der Waals surface area contributed by atoms with Gasteiger partial charge in [0.25, 0.3) is 0 Å². The third-order valence-corrected chi connectivity index (χ3v) is 6.52. The maximum absolute atomic E-state index is 12.4. The van der Waals surface area contributed by atoms with Crippen LogP contribution in [0, 0.1) is 0 Å². The molecule has 2 atom stereocenters. The number of aliphatic hydroxyl groups is 1. The summed E-state index contributed by atoms with van der Waals surface area (Å²) < 4.78 is 11.1. The number of methoxy groups -OCH3 is 2. The third-order valence-electron chi connectivity index (χ3n) is 6.52. The van der Waals surface area contributed by atoms with Gasteiger partial charge in [-0.2, -0.15) is 0 Å². The summed E-state index contributed by atoms with van der Waals surface area (Å²) >= 11 is 0. The number of anilines is 1. The van der Waals surface area contributed by atoms with Crippen LogP contribution in [0.15, 0.2) is 42.6 Å². The monoisotopic (exact) mass is 436 g/mol. The van der Waals surface area contributed by atoms with Crippen LogP contribution < -0.4 is 14.4 Å². The summed E-state index contributed by atoms with van der Waals surface area (Å²) in [6, 6.07) is 12.4. The second-order valence-corrected chi connectivity index (χ2v) is 9.10. The van der Waals surface area contributed by atoms with Crippen molar-refractivity contribution in [3.8, 4) is 11.5 Å². The number of rotatable bonds is 4. The number of nitrogens with zero attached hydrogens (tertiary/aromatic N) is 2. The van der Waals surface area contributed by atoms with Crippen LogP contribution in [0.2, 0.25) is 0 Å². The van der Waals surface area contributed by atoms with E-state index < -0.39 is 5.60 Å². The normalized spacial score (nSPS) is 22.8. The van der Waals surface area contributed by atoms with E-state index in [1.54, 1.807) is 26.0 Å². The Labute approximate surface area is 190 Å². The van der Waals surface area contributed by atoms with E-state index in [1.165, 1.54) is 0 Å². The average molecular weight is 437 g/mol. The van der Waals surface area contributed by atoms with E-state index in [1.807, 2.05) is 25.3 Å². The van der Waals surface area contributed by atoms with Crippen LogP contribution >= 0.6 is 0 Å². The van der Waals surface area contributed by atoms with Crippen molar-refractivity contribution in [3.05, 3.63) is 59.3 Å². The molecule has 4 rings (SSSR count). The van der Waals surface area contributed by atoms with E-state index in [2.05, 4.69) is 36.1 Å². The number of hydrogen-bond donors (Lipinski definition) is 1. The summed E-state index contributed by atoms with van der Waals surface area (Å²) in [6.45, 7) is 7.01. The van der Waals surface area contributed by atoms with E-state index in [-0.39, 0.29) is 11.9 Å². The summed E-state index contributed by atoms with van der Waals surface area (Å²) in [5.41, 5.74) is 4.59. The van der Waals surface area contributed by atoms with Gasteiger partial charge in [-0.3, -0.25) is 4.79 Å². The van der Waals surface area contributed by atoms with Crippen molar-refractivity contribution in [1.82, 2.24) is 4.90 Å². The lowest BCUT2D eigenvalue weighted by molar-refractivity contribution is -0.127. The fourth-order valence-electron chi connectivity index (χ4n) is 4.74. The first-order chi connectivity index (χ1) is 15.2. The number of fused-ring (bicyclic) bond motifs is 1. The van der Waals surface area contributed by atoms with Gasteiger partial charge in [-0.15, -0.1) is 0 Å². The summed E-state index contributed by atoms with van der Waals surface area (Å²) in [4.78, 5) is 16.4. The smallest absolute Gasteiger partial charge is 0.223 e. The van der Waals surface area contributed by atoms with E-state index in [4.69, 9.17) is 9.47 Å². The molecule has 0 aromatic heterocycles. The maximum Gasteiger partial charge on any atom is 0.223 e. The van der Waals surface area contributed by atoms with Gasteiger partial charge < -0.3 is 24.4 Å². The molecule has 0 radical (unpaired) electrons. The number of hydrogen-bond acceptors (Lipinski definition) is 5. The van der Waals surface area contributed by atoms with E-state index in [0.717, 1.165) is 47.3 Å². The highest BCUT2D eigenvalue weighted by Crippen LogP contribution is 2.39. The molecule has 2 aliphatic heterocycles. The molecule has 1 saturated heterocycles. The zero-order chi connectivity index (χ0) is 23.0. The molecule has 0 bridgehead atoms. The highest BCUT2D eigenvalue weighted by molar-refractivity contribution is 5.87. The van der Waals surface area contributed by atoms with Crippen molar-refractivity contribution in [2.75, 3.05) is 32.2 Å². The van der Waals surface area contributed by atoms with Crippen LogP contribution in [0.5, 0.6) is 11.5 Å². The second-order valence-electron chi connectivity index (χ2n) is 9.10. The fourth-order valence-corrected chi connectivity index (χ4v) is 4.74. The number of amides is 1.